The number of nitrogens with one attached hydrogen (secondary N) is 3. The number of aryl methyl sites for hydroxylation is 1. The Morgan fingerprint density at radius 1 is 1.19 bits per heavy atom. The van der Waals surface area contributed by atoms with Crippen LogP contribution in [0.25, 0.3) is 22.3 Å². The van der Waals surface area contributed by atoms with Gasteiger partial charge in [0.1, 0.15) is 6.61 Å². The zero-order chi connectivity index (χ0) is 25.1. The van der Waals surface area contributed by atoms with Crippen molar-refractivity contribution in [3.05, 3.63) is 41.6 Å². The number of aliphatic hydroxyl groups excluding tert-OH is 1. The van der Waals surface area contributed by atoms with E-state index < -0.39 is 0 Å². The topological polar surface area (TPSA) is 122 Å². The normalized spacial score (nSPS) is 17.9. The number of rotatable bonds is 9. The van der Waals surface area contributed by atoms with Crippen LogP contribution >= 0.6 is 11.6 Å². The quantitative estimate of drug-likeness (QED) is 0.248. The predicted octanol–water partition coefficient (Wildman–Crippen LogP) is 4.04. The summed E-state index contributed by atoms with van der Waals surface area (Å²) in [5.41, 5.74) is 2.37. The zero-order valence-electron chi connectivity index (χ0n) is 20.3. The second-order valence-electron chi connectivity index (χ2n) is 8.89. The van der Waals surface area contributed by atoms with Gasteiger partial charge in [0.2, 0.25) is 5.95 Å². The molecule has 11 heteroatoms. The smallest absolute Gasteiger partial charge is 0.225 e. The van der Waals surface area contributed by atoms with E-state index in [1.54, 1.807) is 18.0 Å². The molecule has 1 fully saturated rings. The Bertz CT molecular complexity index is 1340. The monoisotopic (exact) mass is 511 g/mol. The van der Waals surface area contributed by atoms with Gasteiger partial charge in [-0.3, -0.25) is 5.10 Å². The summed E-state index contributed by atoms with van der Waals surface area (Å²) in [6.07, 6.45) is 5.52. The van der Waals surface area contributed by atoms with Crippen molar-refractivity contribution in [2.45, 2.75) is 37.8 Å². The molecule has 2 heterocycles. The number of halogens is 1. The van der Waals surface area contributed by atoms with Crippen LogP contribution in [-0.4, -0.2) is 62.5 Å². The lowest BCUT2D eigenvalue weighted by Crippen LogP contribution is -2.43. The van der Waals surface area contributed by atoms with E-state index in [1.807, 2.05) is 37.4 Å². The van der Waals surface area contributed by atoms with Crippen molar-refractivity contribution in [3.8, 4) is 22.9 Å². The molecule has 190 valence electrons. The maximum atomic E-state index is 10.1. The molecule has 0 spiro atoms. The fourth-order valence-corrected chi connectivity index (χ4v) is 4.76. The average molecular weight is 512 g/mol. The van der Waals surface area contributed by atoms with Crippen molar-refractivity contribution in [2.24, 2.45) is 7.05 Å². The molecule has 5 rings (SSSR count). The van der Waals surface area contributed by atoms with E-state index in [1.165, 1.54) is 0 Å². The number of hydrogen-bond acceptors (Lipinski definition) is 8. The Hall–Kier alpha value is -3.34. The largest absolute Gasteiger partial charge is 0.493 e. The Morgan fingerprint density at radius 3 is 2.89 bits per heavy atom. The van der Waals surface area contributed by atoms with Crippen LogP contribution in [0.3, 0.4) is 0 Å². The molecule has 4 N–H and O–H groups in total. The van der Waals surface area contributed by atoms with E-state index in [9.17, 15) is 5.11 Å². The number of ether oxygens (including phenoxy) is 2. The number of aromatic nitrogens is 5. The van der Waals surface area contributed by atoms with Crippen molar-refractivity contribution in [2.75, 3.05) is 25.6 Å². The lowest BCUT2D eigenvalue weighted by Gasteiger charge is -2.28. The van der Waals surface area contributed by atoms with Crippen LogP contribution in [0, 0.1) is 0 Å². The van der Waals surface area contributed by atoms with Gasteiger partial charge in [-0.15, -0.1) is 5.10 Å². The second-order valence-corrected chi connectivity index (χ2v) is 9.27. The number of nitrogens with zero attached hydrogens (tertiary/aromatic N) is 4. The number of aliphatic hydroxyl groups is 1. The molecule has 1 aliphatic carbocycles. The summed E-state index contributed by atoms with van der Waals surface area (Å²) in [5.74, 6) is 2.32. The number of hydrogen-bond donors (Lipinski definition) is 4. The highest BCUT2D eigenvalue weighted by Gasteiger charge is 2.22. The molecule has 36 heavy (non-hydrogen) atoms. The van der Waals surface area contributed by atoms with Crippen molar-refractivity contribution in [3.63, 3.8) is 0 Å². The van der Waals surface area contributed by atoms with Crippen LogP contribution in [0.5, 0.6) is 11.5 Å². The van der Waals surface area contributed by atoms with Gasteiger partial charge in [0.15, 0.2) is 17.3 Å². The molecule has 2 atom stereocenters. The number of methoxy groups -OCH3 is 1. The minimum absolute atomic E-state index is 0.140. The summed E-state index contributed by atoms with van der Waals surface area (Å²) in [6.45, 7) is 1.12. The highest BCUT2D eigenvalue weighted by Crippen LogP contribution is 2.34. The van der Waals surface area contributed by atoms with E-state index in [0.29, 0.717) is 47.1 Å². The second kappa shape index (κ2) is 10.7. The van der Waals surface area contributed by atoms with Crippen LogP contribution in [0.2, 0.25) is 5.02 Å². The Balaban J connectivity index is 1.25. The highest BCUT2D eigenvalue weighted by molar-refractivity contribution is 6.38. The van der Waals surface area contributed by atoms with E-state index in [-0.39, 0.29) is 12.1 Å². The Kier molecular flexibility index (Phi) is 7.26. The number of benzene rings is 2. The number of anilines is 2. The van der Waals surface area contributed by atoms with Crippen LogP contribution in [0.1, 0.15) is 25.7 Å². The molecule has 0 aliphatic heterocycles. The lowest BCUT2D eigenvalue weighted by atomic mass is 9.93. The fraction of sp³-hybridized carbons (Fsp3) is 0.400. The third-order valence-electron chi connectivity index (χ3n) is 6.49. The first-order valence-electron chi connectivity index (χ1n) is 12.1. The van der Waals surface area contributed by atoms with Gasteiger partial charge >= 0.3 is 0 Å². The van der Waals surface area contributed by atoms with E-state index in [2.05, 4.69) is 30.9 Å². The molecule has 1 aliphatic rings. The van der Waals surface area contributed by atoms with Crippen LogP contribution in [-0.2, 0) is 7.05 Å². The fourth-order valence-electron chi connectivity index (χ4n) is 4.50. The van der Waals surface area contributed by atoms with Crippen molar-refractivity contribution < 1.29 is 14.6 Å². The molecule has 0 amide bonds. The van der Waals surface area contributed by atoms with Crippen LogP contribution in [0.4, 0.5) is 11.6 Å². The minimum Gasteiger partial charge on any atom is -0.493 e. The van der Waals surface area contributed by atoms with Gasteiger partial charge in [-0.25, -0.2) is 4.68 Å². The van der Waals surface area contributed by atoms with Crippen LogP contribution in [0.15, 0.2) is 36.5 Å². The van der Waals surface area contributed by atoms with Gasteiger partial charge in [-0.1, -0.05) is 24.4 Å². The molecular formula is C25H30ClN7O3. The maximum absolute atomic E-state index is 10.1. The molecule has 2 aromatic carbocycles. The summed E-state index contributed by atoms with van der Waals surface area (Å²) in [7, 11) is 3.42. The minimum atomic E-state index is -0.276. The zero-order valence-corrected chi connectivity index (χ0v) is 21.0. The molecule has 0 radical (unpaired) electrons. The number of fused-ring (bicyclic) bond motifs is 1. The third kappa shape index (κ3) is 5.11. The first kappa shape index (κ1) is 24.4. The lowest BCUT2D eigenvalue weighted by molar-refractivity contribution is 0.0889. The van der Waals surface area contributed by atoms with Crippen molar-refractivity contribution in [1.82, 2.24) is 30.3 Å². The van der Waals surface area contributed by atoms with E-state index in [0.717, 1.165) is 42.1 Å². The standard InChI is InChI=1S/C25H30ClN7O3/c1-33-25(29-19-9-8-17-16(23(19)26)14-28-31-17)30-24(32-33)15-7-10-21(22(13-15)35-2)36-12-11-27-18-5-3-4-6-20(18)34/h7-10,13-14,18,20,27,34H,3-6,11-12H2,1-2H3,(H,28,31)(H,29,30,32). The summed E-state index contributed by atoms with van der Waals surface area (Å²) in [5, 5.41) is 29.6. The molecular weight excluding hydrogens is 482 g/mol. The van der Waals surface area contributed by atoms with Gasteiger partial charge in [-0.2, -0.15) is 10.1 Å². The first-order chi connectivity index (χ1) is 17.5. The highest BCUT2D eigenvalue weighted by atomic mass is 35.5. The molecule has 10 nitrogen and oxygen atoms in total. The van der Waals surface area contributed by atoms with Gasteiger partial charge in [0, 0.05) is 30.6 Å². The van der Waals surface area contributed by atoms with Gasteiger partial charge in [0.25, 0.3) is 0 Å². The maximum Gasteiger partial charge on any atom is 0.225 e. The Morgan fingerprint density at radius 2 is 2.06 bits per heavy atom. The summed E-state index contributed by atoms with van der Waals surface area (Å²) in [4.78, 5) is 4.65. The summed E-state index contributed by atoms with van der Waals surface area (Å²) in [6, 6.07) is 9.54. The average Bonchev–Trinajstić information content (AvgIpc) is 3.52. The van der Waals surface area contributed by atoms with E-state index >= 15 is 0 Å². The van der Waals surface area contributed by atoms with Gasteiger partial charge < -0.3 is 25.2 Å². The molecule has 0 bridgehead atoms. The SMILES string of the molecule is COc1cc(-c2nc(Nc3ccc4[nH]ncc4c3Cl)n(C)n2)ccc1OCCNC1CCCCC1O. The summed E-state index contributed by atoms with van der Waals surface area (Å²) >= 11 is 6.54. The Labute approximate surface area is 214 Å². The molecule has 2 unspecified atom stereocenters. The molecule has 1 saturated carbocycles. The van der Waals surface area contributed by atoms with Gasteiger partial charge in [0.05, 0.1) is 35.6 Å². The first-order valence-corrected chi connectivity index (χ1v) is 12.4. The van der Waals surface area contributed by atoms with Gasteiger partial charge in [-0.05, 0) is 43.2 Å². The molecule has 0 saturated heterocycles. The van der Waals surface area contributed by atoms with Crippen LogP contribution < -0.4 is 20.1 Å². The number of aromatic amines is 1. The molecule has 4 aromatic rings. The van der Waals surface area contributed by atoms with Crippen molar-refractivity contribution in [1.29, 1.82) is 0 Å². The number of H-pyrrole nitrogens is 1. The van der Waals surface area contributed by atoms with Crippen molar-refractivity contribution >= 4 is 34.1 Å². The molecule has 2 aromatic heterocycles. The summed E-state index contributed by atoms with van der Waals surface area (Å²) < 4.78 is 13.2. The van der Waals surface area contributed by atoms with E-state index in [4.69, 9.17) is 21.1 Å². The predicted molar refractivity (Wildman–Crippen MR) is 139 cm³/mol. The third-order valence-corrected chi connectivity index (χ3v) is 6.89.